The first-order valence-electron chi connectivity index (χ1n) is 5.00. The molecule has 0 amide bonds. The van der Waals surface area contributed by atoms with Crippen LogP contribution in [0.1, 0.15) is 12.0 Å². The molecule has 2 nitrogen and oxygen atoms in total. The fraction of sp³-hybridized carbons (Fsp3) is 0.364. The minimum absolute atomic E-state index is 0.781. The molecule has 1 aliphatic heterocycles. The number of nitrogens with one attached hydrogen (secondary N) is 1. The van der Waals surface area contributed by atoms with E-state index in [1.807, 2.05) is 24.3 Å². The van der Waals surface area contributed by atoms with Gasteiger partial charge in [0.25, 0.3) is 0 Å². The lowest BCUT2D eigenvalue weighted by atomic mass is 10.2. The van der Waals surface area contributed by atoms with Crippen LogP contribution in [0, 0.1) is 0 Å². The van der Waals surface area contributed by atoms with Crippen LogP contribution in [-0.2, 0) is 6.54 Å². The zero-order chi connectivity index (χ0) is 10.5. The van der Waals surface area contributed by atoms with Gasteiger partial charge in [0.05, 0.1) is 0 Å². The molecule has 0 unspecified atom stereocenters. The zero-order valence-electron chi connectivity index (χ0n) is 8.37. The van der Waals surface area contributed by atoms with E-state index in [9.17, 15) is 0 Å². The van der Waals surface area contributed by atoms with E-state index in [2.05, 4.69) is 10.3 Å². The number of nitrogens with zero attached hydrogens (tertiary/aromatic N) is 1. The van der Waals surface area contributed by atoms with Gasteiger partial charge in [-0.3, -0.25) is 4.99 Å². The molecular formula is C11H13ClN2S. The van der Waals surface area contributed by atoms with Crippen LogP contribution in [0.4, 0.5) is 0 Å². The highest BCUT2D eigenvalue weighted by Crippen LogP contribution is 2.12. The van der Waals surface area contributed by atoms with Crippen molar-refractivity contribution >= 4 is 28.5 Å². The third-order valence-corrected chi connectivity index (χ3v) is 3.45. The number of hydrogen-bond acceptors (Lipinski definition) is 3. The number of amidine groups is 1. The lowest BCUT2D eigenvalue weighted by Crippen LogP contribution is -2.22. The first-order chi connectivity index (χ1) is 7.34. The first-order valence-corrected chi connectivity index (χ1v) is 6.36. The fourth-order valence-corrected chi connectivity index (χ4v) is 2.30. The van der Waals surface area contributed by atoms with Crippen LogP contribution in [0.3, 0.4) is 0 Å². The molecule has 0 atom stereocenters. The fourth-order valence-electron chi connectivity index (χ4n) is 1.35. The summed E-state index contributed by atoms with van der Waals surface area (Å²) in [6.07, 6.45) is 1.19. The second-order valence-corrected chi connectivity index (χ2v) is 4.89. The predicted molar refractivity (Wildman–Crippen MR) is 67.7 cm³/mol. The normalized spacial score (nSPS) is 15.9. The van der Waals surface area contributed by atoms with Gasteiger partial charge in [0, 0.05) is 23.9 Å². The van der Waals surface area contributed by atoms with E-state index in [1.54, 1.807) is 11.8 Å². The van der Waals surface area contributed by atoms with Crippen LogP contribution >= 0.6 is 23.4 Å². The van der Waals surface area contributed by atoms with Crippen LogP contribution < -0.4 is 5.32 Å². The van der Waals surface area contributed by atoms with Crippen molar-refractivity contribution in [2.45, 2.75) is 13.0 Å². The van der Waals surface area contributed by atoms with Crippen LogP contribution in [-0.4, -0.2) is 17.5 Å². The Bertz CT molecular complexity index is 348. The molecule has 0 bridgehead atoms. The monoisotopic (exact) mass is 240 g/mol. The van der Waals surface area contributed by atoms with Gasteiger partial charge < -0.3 is 5.32 Å². The summed E-state index contributed by atoms with van der Waals surface area (Å²) in [5.74, 6) is 1.17. The average Bonchev–Trinajstić information content (AvgIpc) is 2.30. The van der Waals surface area contributed by atoms with Crippen molar-refractivity contribution in [1.29, 1.82) is 0 Å². The molecule has 15 heavy (non-hydrogen) atoms. The van der Waals surface area contributed by atoms with E-state index in [1.165, 1.54) is 17.7 Å². The van der Waals surface area contributed by atoms with Gasteiger partial charge in [0.15, 0.2) is 5.17 Å². The highest BCUT2D eigenvalue weighted by Gasteiger charge is 2.04. The molecule has 80 valence electrons. The standard InChI is InChI=1S/C11H13ClN2S/c12-10-4-2-9(3-5-10)8-14-11-13-6-1-7-15-11/h2-5H,1,6-8H2,(H,13,14). The lowest BCUT2D eigenvalue weighted by molar-refractivity contribution is 0.880. The molecule has 0 aliphatic carbocycles. The van der Waals surface area contributed by atoms with E-state index < -0.39 is 0 Å². The molecule has 1 heterocycles. The van der Waals surface area contributed by atoms with Crippen molar-refractivity contribution in [2.24, 2.45) is 4.99 Å². The summed E-state index contributed by atoms with van der Waals surface area (Å²) in [5.41, 5.74) is 1.23. The molecule has 1 aromatic rings. The zero-order valence-corrected chi connectivity index (χ0v) is 9.94. The van der Waals surface area contributed by atoms with Gasteiger partial charge in [-0.05, 0) is 24.1 Å². The molecule has 0 saturated heterocycles. The summed E-state index contributed by atoms with van der Waals surface area (Å²) in [5, 5.41) is 5.17. The smallest absolute Gasteiger partial charge is 0.156 e. The van der Waals surface area contributed by atoms with Gasteiger partial charge in [-0.1, -0.05) is 35.5 Å². The summed E-state index contributed by atoms with van der Waals surface area (Å²) >= 11 is 7.61. The average molecular weight is 241 g/mol. The summed E-state index contributed by atoms with van der Waals surface area (Å²) in [4.78, 5) is 4.40. The summed E-state index contributed by atoms with van der Waals surface area (Å²) in [6.45, 7) is 1.78. The molecular weight excluding hydrogens is 228 g/mol. The van der Waals surface area contributed by atoms with Crippen LogP contribution in [0.2, 0.25) is 5.02 Å². The van der Waals surface area contributed by atoms with Crippen LogP contribution in [0.25, 0.3) is 0 Å². The van der Waals surface area contributed by atoms with Gasteiger partial charge in [0.2, 0.25) is 0 Å². The number of aliphatic imine (C=N–C) groups is 1. The maximum atomic E-state index is 5.81. The van der Waals surface area contributed by atoms with Gasteiger partial charge in [-0.2, -0.15) is 0 Å². The van der Waals surface area contributed by atoms with E-state index in [0.29, 0.717) is 0 Å². The largest absolute Gasteiger partial charge is 0.361 e. The van der Waals surface area contributed by atoms with Crippen molar-refractivity contribution in [3.63, 3.8) is 0 Å². The van der Waals surface area contributed by atoms with Gasteiger partial charge in [-0.25, -0.2) is 0 Å². The molecule has 2 rings (SSSR count). The van der Waals surface area contributed by atoms with Gasteiger partial charge in [0.1, 0.15) is 0 Å². The van der Waals surface area contributed by atoms with Crippen LogP contribution in [0.15, 0.2) is 29.3 Å². The molecule has 1 aromatic carbocycles. The van der Waals surface area contributed by atoms with Crippen molar-refractivity contribution in [3.8, 4) is 0 Å². The number of thioether (sulfide) groups is 1. The van der Waals surface area contributed by atoms with Gasteiger partial charge >= 0.3 is 0 Å². The van der Waals surface area contributed by atoms with Crippen molar-refractivity contribution < 1.29 is 0 Å². The molecule has 1 aliphatic rings. The number of benzene rings is 1. The van der Waals surface area contributed by atoms with E-state index in [-0.39, 0.29) is 0 Å². The quantitative estimate of drug-likeness (QED) is 0.860. The minimum Gasteiger partial charge on any atom is -0.361 e. The van der Waals surface area contributed by atoms with E-state index >= 15 is 0 Å². The summed E-state index contributed by atoms with van der Waals surface area (Å²) in [7, 11) is 0. The summed E-state index contributed by atoms with van der Waals surface area (Å²) in [6, 6.07) is 7.88. The molecule has 0 aromatic heterocycles. The van der Waals surface area contributed by atoms with Crippen molar-refractivity contribution in [2.75, 3.05) is 12.3 Å². The Hall–Kier alpha value is -0.670. The minimum atomic E-state index is 0.781. The second kappa shape index (κ2) is 5.42. The van der Waals surface area contributed by atoms with Crippen molar-refractivity contribution in [3.05, 3.63) is 34.9 Å². The number of rotatable bonds is 2. The third-order valence-electron chi connectivity index (χ3n) is 2.15. The Morgan fingerprint density at radius 1 is 1.33 bits per heavy atom. The highest BCUT2D eigenvalue weighted by molar-refractivity contribution is 8.13. The Balaban J connectivity index is 1.87. The maximum absolute atomic E-state index is 5.81. The number of halogens is 1. The Labute approximate surface area is 99.1 Å². The van der Waals surface area contributed by atoms with Gasteiger partial charge in [-0.15, -0.1) is 0 Å². The Morgan fingerprint density at radius 3 is 2.80 bits per heavy atom. The first kappa shape index (κ1) is 10.8. The van der Waals surface area contributed by atoms with E-state index in [0.717, 1.165) is 23.3 Å². The SMILES string of the molecule is Clc1ccc(CNC2=NCCCS2)cc1. The highest BCUT2D eigenvalue weighted by atomic mass is 35.5. The van der Waals surface area contributed by atoms with E-state index in [4.69, 9.17) is 11.6 Å². The Morgan fingerprint density at radius 2 is 2.13 bits per heavy atom. The molecule has 4 heteroatoms. The third kappa shape index (κ3) is 3.43. The van der Waals surface area contributed by atoms with Crippen molar-refractivity contribution in [1.82, 2.24) is 5.32 Å². The Kier molecular flexibility index (Phi) is 3.92. The topological polar surface area (TPSA) is 24.4 Å². The van der Waals surface area contributed by atoms with Crippen LogP contribution in [0.5, 0.6) is 0 Å². The molecule has 0 saturated carbocycles. The number of hydrogen-bond donors (Lipinski definition) is 1. The summed E-state index contributed by atoms with van der Waals surface area (Å²) < 4.78 is 0. The maximum Gasteiger partial charge on any atom is 0.156 e. The molecule has 0 fully saturated rings. The second-order valence-electron chi connectivity index (χ2n) is 3.37. The molecule has 0 radical (unpaired) electrons. The molecule has 0 spiro atoms. The predicted octanol–water partition coefficient (Wildman–Crippen LogP) is 2.92. The lowest BCUT2D eigenvalue weighted by Gasteiger charge is -2.13. The molecule has 1 N–H and O–H groups in total.